The first-order valence-corrected chi connectivity index (χ1v) is 11.0. The Morgan fingerprint density at radius 2 is 1.67 bits per heavy atom. The van der Waals surface area contributed by atoms with E-state index in [-0.39, 0.29) is 17.9 Å². The molecule has 0 saturated carbocycles. The van der Waals surface area contributed by atoms with E-state index >= 15 is 0 Å². The molecule has 2 N–H and O–H groups in total. The van der Waals surface area contributed by atoms with Crippen LogP contribution in [-0.2, 0) is 9.59 Å². The number of carbonyl (C=O) groups excluding carboxylic acids is 2. The van der Waals surface area contributed by atoms with Crippen LogP contribution in [0.25, 0.3) is 0 Å². The summed E-state index contributed by atoms with van der Waals surface area (Å²) in [4.78, 5) is 29.3. The topological polar surface area (TPSA) is 64.7 Å². The van der Waals surface area contributed by atoms with Crippen molar-refractivity contribution in [2.45, 2.75) is 26.8 Å². The van der Waals surface area contributed by atoms with E-state index in [0.717, 1.165) is 53.2 Å². The van der Waals surface area contributed by atoms with Crippen molar-refractivity contribution in [1.29, 1.82) is 0 Å². The van der Waals surface area contributed by atoms with Crippen LogP contribution < -0.4 is 10.6 Å². The molecule has 0 aliphatic carbocycles. The fourth-order valence-electron chi connectivity index (χ4n) is 3.53. The third kappa shape index (κ3) is 5.90. The molecule has 1 aliphatic heterocycles. The van der Waals surface area contributed by atoms with Gasteiger partial charge >= 0.3 is 0 Å². The van der Waals surface area contributed by atoms with Crippen LogP contribution in [-0.4, -0.2) is 60.4 Å². The predicted molar refractivity (Wildman–Crippen MR) is 125 cm³/mol. The van der Waals surface area contributed by atoms with E-state index in [2.05, 4.69) is 36.4 Å². The van der Waals surface area contributed by atoms with Crippen LogP contribution in [0.4, 0.5) is 11.4 Å². The number of carbonyl (C=O) groups is 2. The summed E-state index contributed by atoms with van der Waals surface area (Å²) < 4.78 is 0.978. The number of aryl methyl sites for hydroxylation is 1. The Morgan fingerprint density at radius 3 is 2.33 bits per heavy atom. The molecule has 160 valence electrons. The summed E-state index contributed by atoms with van der Waals surface area (Å²) in [5.74, 6) is -0.0170. The van der Waals surface area contributed by atoms with Crippen LogP contribution in [0.5, 0.6) is 0 Å². The van der Waals surface area contributed by atoms with Crippen molar-refractivity contribution in [1.82, 2.24) is 9.80 Å². The van der Waals surface area contributed by atoms with Crippen LogP contribution in [0.3, 0.4) is 0 Å². The number of nitrogens with zero attached hydrogens (tertiary/aromatic N) is 2. The predicted octanol–water partition coefficient (Wildman–Crippen LogP) is 3.65. The maximum absolute atomic E-state index is 12.6. The monoisotopic (exact) mass is 472 g/mol. The summed E-state index contributed by atoms with van der Waals surface area (Å²) in [6.07, 6.45) is 0. The lowest BCUT2D eigenvalue weighted by Crippen LogP contribution is -2.53. The van der Waals surface area contributed by atoms with Crippen molar-refractivity contribution in [3.05, 3.63) is 58.1 Å². The highest BCUT2D eigenvalue weighted by Crippen LogP contribution is 2.18. The summed E-state index contributed by atoms with van der Waals surface area (Å²) in [5, 5.41) is 5.99. The molecule has 1 atom stereocenters. The molecule has 7 heteroatoms. The van der Waals surface area contributed by atoms with Crippen molar-refractivity contribution in [2.75, 3.05) is 43.4 Å². The first-order valence-electron chi connectivity index (χ1n) is 10.2. The molecule has 1 fully saturated rings. The molecule has 6 nitrogen and oxygen atoms in total. The van der Waals surface area contributed by atoms with Gasteiger partial charge in [-0.15, -0.1) is 0 Å². The van der Waals surface area contributed by atoms with E-state index in [0.29, 0.717) is 6.54 Å². The third-order valence-corrected chi connectivity index (χ3v) is 6.22. The minimum absolute atomic E-state index is 0.00169. The molecule has 30 heavy (non-hydrogen) atoms. The van der Waals surface area contributed by atoms with Gasteiger partial charge in [0.25, 0.3) is 0 Å². The number of rotatable bonds is 6. The number of anilines is 2. The lowest BCUT2D eigenvalue weighted by Gasteiger charge is -2.37. The Hall–Kier alpha value is -2.22. The number of hydrogen-bond donors (Lipinski definition) is 2. The Kier molecular flexibility index (Phi) is 7.64. The molecule has 1 heterocycles. The summed E-state index contributed by atoms with van der Waals surface area (Å²) >= 11 is 3.40. The van der Waals surface area contributed by atoms with Gasteiger partial charge < -0.3 is 10.6 Å². The molecule has 0 radical (unpaired) electrons. The van der Waals surface area contributed by atoms with Crippen LogP contribution in [0.1, 0.15) is 18.1 Å². The number of hydrogen-bond acceptors (Lipinski definition) is 4. The van der Waals surface area contributed by atoms with Gasteiger partial charge in [-0.1, -0.05) is 28.1 Å². The van der Waals surface area contributed by atoms with Gasteiger partial charge in [-0.25, -0.2) is 0 Å². The SMILES string of the molecule is Cc1cccc(NC(=O)CN2CCN([C@H](C)C(=O)Nc3ccc(Br)cc3)CC2)c1C. The average Bonchev–Trinajstić information content (AvgIpc) is 2.73. The lowest BCUT2D eigenvalue weighted by molar-refractivity contribution is -0.122. The molecule has 0 aromatic heterocycles. The quantitative estimate of drug-likeness (QED) is 0.673. The zero-order valence-electron chi connectivity index (χ0n) is 17.7. The first kappa shape index (κ1) is 22.5. The average molecular weight is 473 g/mol. The van der Waals surface area contributed by atoms with Crippen LogP contribution in [0.15, 0.2) is 46.9 Å². The number of amides is 2. The van der Waals surface area contributed by atoms with Gasteiger partial charge in [-0.2, -0.15) is 0 Å². The fraction of sp³-hybridized carbons (Fsp3) is 0.391. The van der Waals surface area contributed by atoms with Gasteiger partial charge in [-0.3, -0.25) is 19.4 Å². The number of piperazine rings is 1. The van der Waals surface area contributed by atoms with Crippen molar-refractivity contribution in [3.8, 4) is 0 Å². The summed E-state index contributed by atoms with van der Waals surface area (Å²) in [7, 11) is 0. The zero-order valence-corrected chi connectivity index (χ0v) is 19.3. The lowest BCUT2D eigenvalue weighted by atomic mass is 10.1. The molecular weight excluding hydrogens is 444 g/mol. The van der Waals surface area contributed by atoms with Crippen LogP contribution in [0.2, 0.25) is 0 Å². The van der Waals surface area contributed by atoms with E-state index in [1.54, 1.807) is 0 Å². The third-order valence-electron chi connectivity index (χ3n) is 5.69. The Balaban J connectivity index is 1.45. The van der Waals surface area contributed by atoms with Crippen molar-refractivity contribution in [2.24, 2.45) is 0 Å². The maximum atomic E-state index is 12.6. The second kappa shape index (κ2) is 10.2. The van der Waals surface area contributed by atoms with E-state index in [1.165, 1.54) is 0 Å². The molecule has 2 aromatic carbocycles. The Morgan fingerprint density at radius 1 is 1.00 bits per heavy atom. The fourth-order valence-corrected chi connectivity index (χ4v) is 3.80. The molecule has 1 aliphatic rings. The number of nitrogens with one attached hydrogen (secondary N) is 2. The van der Waals surface area contributed by atoms with Crippen molar-refractivity contribution >= 4 is 39.1 Å². The summed E-state index contributed by atoms with van der Waals surface area (Å²) in [6.45, 7) is 9.38. The molecule has 0 spiro atoms. The van der Waals surface area contributed by atoms with Gasteiger partial charge in [0.15, 0.2) is 0 Å². The Bertz CT molecular complexity index is 893. The second-order valence-electron chi connectivity index (χ2n) is 7.78. The smallest absolute Gasteiger partial charge is 0.241 e. The van der Waals surface area contributed by atoms with E-state index in [4.69, 9.17) is 0 Å². The normalized spacial score (nSPS) is 16.1. The van der Waals surface area contributed by atoms with Gasteiger partial charge in [0, 0.05) is 42.0 Å². The van der Waals surface area contributed by atoms with Crippen molar-refractivity contribution in [3.63, 3.8) is 0 Å². The van der Waals surface area contributed by atoms with E-state index in [9.17, 15) is 9.59 Å². The molecule has 2 aromatic rings. The van der Waals surface area contributed by atoms with E-state index in [1.807, 2.05) is 63.2 Å². The standard InChI is InChI=1S/C23H29BrN4O2/c1-16-5-4-6-21(17(16)2)26-22(29)15-27-11-13-28(14-12-27)18(3)23(30)25-20-9-7-19(24)8-10-20/h4-10,18H,11-15H2,1-3H3,(H,25,30)(H,26,29)/t18-/m1/s1. The van der Waals surface area contributed by atoms with Crippen LogP contribution in [0, 0.1) is 13.8 Å². The van der Waals surface area contributed by atoms with Gasteiger partial charge in [0.2, 0.25) is 11.8 Å². The minimum atomic E-state index is -0.223. The highest BCUT2D eigenvalue weighted by molar-refractivity contribution is 9.10. The number of benzene rings is 2. The van der Waals surface area contributed by atoms with Gasteiger partial charge in [0.05, 0.1) is 12.6 Å². The summed E-state index contributed by atoms with van der Waals surface area (Å²) in [6, 6.07) is 13.3. The minimum Gasteiger partial charge on any atom is -0.325 e. The van der Waals surface area contributed by atoms with Gasteiger partial charge in [-0.05, 0) is 62.2 Å². The Labute approximate surface area is 186 Å². The molecule has 2 amide bonds. The van der Waals surface area contributed by atoms with Crippen LogP contribution >= 0.6 is 15.9 Å². The molecule has 0 unspecified atom stereocenters. The van der Waals surface area contributed by atoms with E-state index < -0.39 is 0 Å². The molecule has 0 bridgehead atoms. The van der Waals surface area contributed by atoms with Gasteiger partial charge in [0.1, 0.15) is 0 Å². The first-order chi connectivity index (χ1) is 14.3. The molecular formula is C23H29BrN4O2. The van der Waals surface area contributed by atoms with Crippen molar-refractivity contribution < 1.29 is 9.59 Å². The second-order valence-corrected chi connectivity index (χ2v) is 8.70. The number of halogens is 1. The highest BCUT2D eigenvalue weighted by Gasteiger charge is 2.26. The largest absolute Gasteiger partial charge is 0.325 e. The highest BCUT2D eigenvalue weighted by atomic mass is 79.9. The molecule has 3 rings (SSSR count). The maximum Gasteiger partial charge on any atom is 0.241 e. The summed E-state index contributed by atoms with van der Waals surface area (Å²) in [5.41, 5.74) is 3.92. The molecule has 1 saturated heterocycles. The zero-order chi connectivity index (χ0) is 21.7.